The first kappa shape index (κ1) is 25.8. The molecule has 1 N–H and O–H groups in total. The molecule has 0 unspecified atom stereocenters. The second kappa shape index (κ2) is 9.73. The lowest BCUT2D eigenvalue weighted by atomic mass is 9.62. The summed E-state index contributed by atoms with van der Waals surface area (Å²) in [4.78, 5) is 46.0. The molecule has 208 valence electrons. The molecule has 4 atom stereocenters. The van der Waals surface area contributed by atoms with Gasteiger partial charge in [0.05, 0.1) is 31.7 Å². The first-order valence-electron chi connectivity index (χ1n) is 13.8. The van der Waals surface area contributed by atoms with Gasteiger partial charge in [0.2, 0.25) is 5.91 Å². The number of methoxy groups -OCH3 is 2. The second-order valence-corrected chi connectivity index (χ2v) is 10.7. The fourth-order valence-corrected chi connectivity index (χ4v) is 7.11. The van der Waals surface area contributed by atoms with Gasteiger partial charge in [-0.25, -0.2) is 0 Å². The number of carbonyl (C=O) groups excluding carboxylic acids is 3. The van der Waals surface area contributed by atoms with Crippen LogP contribution in [0.5, 0.6) is 11.5 Å². The maximum absolute atomic E-state index is 14.8. The van der Waals surface area contributed by atoms with Gasteiger partial charge in [0, 0.05) is 23.5 Å². The molecule has 0 bridgehead atoms. The lowest BCUT2D eigenvalue weighted by molar-refractivity contribution is -0.122. The predicted molar refractivity (Wildman–Crippen MR) is 159 cm³/mol. The SMILES string of the molecule is COc1ccc(C(=O)[C@@H]2[C@H](C(=O)c3ccccc3)[C@@]3(C(=O)Nc4ccccc43)[C@@H]3c4ccccc4C=CN23)c(OC)c1. The van der Waals surface area contributed by atoms with Crippen molar-refractivity contribution in [1.29, 1.82) is 0 Å². The summed E-state index contributed by atoms with van der Waals surface area (Å²) in [6.45, 7) is 0. The Morgan fingerprint density at radius 2 is 1.57 bits per heavy atom. The van der Waals surface area contributed by atoms with Crippen LogP contribution in [0, 0.1) is 5.92 Å². The number of para-hydroxylation sites is 1. The number of rotatable bonds is 6. The minimum absolute atomic E-state index is 0.270. The zero-order chi connectivity index (χ0) is 29.0. The Balaban J connectivity index is 1.53. The molecular weight excluding hydrogens is 528 g/mol. The summed E-state index contributed by atoms with van der Waals surface area (Å²) in [6, 6.07) is 27.6. The highest BCUT2D eigenvalue weighted by Gasteiger charge is 2.70. The molecule has 1 spiro atoms. The lowest BCUT2D eigenvalue weighted by Crippen LogP contribution is -2.49. The van der Waals surface area contributed by atoms with E-state index in [-0.39, 0.29) is 17.5 Å². The van der Waals surface area contributed by atoms with Gasteiger partial charge in [-0.05, 0) is 41.0 Å². The molecule has 7 rings (SSSR count). The van der Waals surface area contributed by atoms with Gasteiger partial charge in [-0.1, -0.05) is 72.8 Å². The number of hydrogen-bond donors (Lipinski definition) is 1. The van der Waals surface area contributed by atoms with Crippen molar-refractivity contribution in [3.8, 4) is 11.5 Å². The highest BCUT2D eigenvalue weighted by atomic mass is 16.5. The number of nitrogens with one attached hydrogen (secondary N) is 1. The van der Waals surface area contributed by atoms with E-state index < -0.39 is 23.4 Å². The third kappa shape index (κ3) is 3.49. The molecule has 7 heteroatoms. The predicted octanol–water partition coefficient (Wildman–Crippen LogP) is 5.69. The first-order valence-corrected chi connectivity index (χ1v) is 13.8. The molecule has 1 saturated heterocycles. The first-order chi connectivity index (χ1) is 20.5. The van der Waals surface area contributed by atoms with Gasteiger partial charge < -0.3 is 19.7 Å². The molecule has 0 radical (unpaired) electrons. The molecule has 4 aromatic rings. The topological polar surface area (TPSA) is 84.9 Å². The molecule has 1 fully saturated rings. The van der Waals surface area contributed by atoms with Crippen LogP contribution in [-0.2, 0) is 10.2 Å². The Bertz CT molecular complexity index is 1780. The fourth-order valence-electron chi connectivity index (χ4n) is 7.11. The minimum atomic E-state index is -1.38. The zero-order valence-electron chi connectivity index (χ0n) is 23.1. The third-order valence-corrected chi connectivity index (χ3v) is 8.85. The number of amides is 1. The van der Waals surface area contributed by atoms with E-state index in [0.29, 0.717) is 33.9 Å². The Morgan fingerprint density at radius 3 is 2.36 bits per heavy atom. The third-order valence-electron chi connectivity index (χ3n) is 8.85. The number of carbonyl (C=O) groups is 3. The number of nitrogens with zero attached hydrogens (tertiary/aromatic N) is 1. The van der Waals surface area contributed by atoms with E-state index in [4.69, 9.17) is 9.47 Å². The second-order valence-electron chi connectivity index (χ2n) is 10.7. The van der Waals surface area contributed by atoms with Crippen molar-refractivity contribution in [3.63, 3.8) is 0 Å². The van der Waals surface area contributed by atoms with E-state index >= 15 is 0 Å². The Morgan fingerprint density at radius 1 is 0.833 bits per heavy atom. The van der Waals surface area contributed by atoms with Crippen LogP contribution in [0.25, 0.3) is 6.08 Å². The zero-order valence-corrected chi connectivity index (χ0v) is 23.1. The van der Waals surface area contributed by atoms with Gasteiger partial charge in [-0.3, -0.25) is 14.4 Å². The van der Waals surface area contributed by atoms with Gasteiger partial charge in [0.25, 0.3) is 0 Å². The van der Waals surface area contributed by atoms with Gasteiger partial charge in [-0.15, -0.1) is 0 Å². The molecule has 3 heterocycles. The lowest BCUT2D eigenvalue weighted by Gasteiger charge is -2.38. The van der Waals surface area contributed by atoms with E-state index in [1.165, 1.54) is 7.11 Å². The smallest absolute Gasteiger partial charge is 0.238 e. The molecule has 3 aliphatic rings. The highest BCUT2D eigenvalue weighted by molar-refractivity contribution is 6.17. The molecule has 0 aromatic heterocycles. The number of ether oxygens (including phenoxy) is 2. The van der Waals surface area contributed by atoms with Crippen LogP contribution in [0.4, 0.5) is 5.69 Å². The average molecular weight is 557 g/mol. The quantitative estimate of drug-likeness (QED) is 0.308. The van der Waals surface area contributed by atoms with Crippen molar-refractivity contribution in [3.05, 3.63) is 131 Å². The molecular formula is C35H28N2O5. The average Bonchev–Trinajstić information content (AvgIpc) is 3.52. The van der Waals surface area contributed by atoms with E-state index in [1.54, 1.807) is 49.6 Å². The van der Waals surface area contributed by atoms with Crippen molar-refractivity contribution in [2.24, 2.45) is 5.92 Å². The van der Waals surface area contributed by atoms with E-state index in [1.807, 2.05) is 71.8 Å². The van der Waals surface area contributed by atoms with E-state index in [9.17, 15) is 14.4 Å². The largest absolute Gasteiger partial charge is 0.497 e. The number of fused-ring (bicyclic) bond motifs is 6. The highest BCUT2D eigenvalue weighted by Crippen LogP contribution is 2.62. The van der Waals surface area contributed by atoms with Crippen LogP contribution < -0.4 is 14.8 Å². The Hall–Kier alpha value is -5.17. The number of hydrogen-bond acceptors (Lipinski definition) is 6. The molecule has 1 amide bonds. The summed E-state index contributed by atoms with van der Waals surface area (Å²) >= 11 is 0. The van der Waals surface area contributed by atoms with Crippen molar-refractivity contribution >= 4 is 29.2 Å². The van der Waals surface area contributed by atoms with Crippen molar-refractivity contribution in [2.45, 2.75) is 17.5 Å². The van der Waals surface area contributed by atoms with Gasteiger partial charge in [0.1, 0.15) is 23.0 Å². The Labute approximate surface area is 243 Å². The van der Waals surface area contributed by atoms with Crippen LogP contribution in [0.1, 0.15) is 43.4 Å². The normalized spacial score (nSPS) is 23.1. The van der Waals surface area contributed by atoms with Crippen LogP contribution in [0.2, 0.25) is 0 Å². The molecule has 3 aliphatic heterocycles. The monoisotopic (exact) mass is 556 g/mol. The number of anilines is 1. The van der Waals surface area contributed by atoms with Crippen LogP contribution in [-0.4, -0.2) is 42.6 Å². The fraction of sp³-hybridized carbons (Fsp3) is 0.171. The van der Waals surface area contributed by atoms with Crippen molar-refractivity contribution in [2.75, 3.05) is 19.5 Å². The molecule has 4 aromatic carbocycles. The number of benzene rings is 4. The van der Waals surface area contributed by atoms with Crippen molar-refractivity contribution < 1.29 is 23.9 Å². The number of Topliss-reactive ketones (excluding diaryl/α,β-unsaturated/α-hetero) is 2. The van der Waals surface area contributed by atoms with Crippen LogP contribution in [0.3, 0.4) is 0 Å². The maximum Gasteiger partial charge on any atom is 0.238 e. The summed E-state index contributed by atoms with van der Waals surface area (Å²) in [6.07, 6.45) is 3.80. The van der Waals surface area contributed by atoms with Gasteiger partial charge >= 0.3 is 0 Å². The molecule has 0 aliphatic carbocycles. The van der Waals surface area contributed by atoms with Crippen LogP contribution in [0.15, 0.2) is 103 Å². The summed E-state index contributed by atoms with van der Waals surface area (Å²) in [7, 11) is 3.04. The van der Waals surface area contributed by atoms with E-state index in [2.05, 4.69) is 5.32 Å². The molecule has 0 saturated carbocycles. The number of ketones is 2. The van der Waals surface area contributed by atoms with Crippen molar-refractivity contribution in [1.82, 2.24) is 4.90 Å². The van der Waals surface area contributed by atoms with E-state index in [0.717, 1.165) is 11.1 Å². The standard InChI is InChI=1S/C35H28N2O5/c1-41-23-16-17-25(28(20-23)42-2)32(39)30-29(31(38)22-11-4-3-5-12-22)35(26-14-8-9-15-27(26)36-34(35)40)33-24-13-7-6-10-21(24)18-19-37(30)33/h3-20,29-30,33H,1-2H3,(H,36,40)/t29-,30+,33+,35-/m1/s1. The summed E-state index contributed by atoms with van der Waals surface area (Å²) in [5.41, 5.74) is 2.55. The maximum atomic E-state index is 14.8. The summed E-state index contributed by atoms with van der Waals surface area (Å²) in [5.74, 6) is -1.06. The molecule has 42 heavy (non-hydrogen) atoms. The summed E-state index contributed by atoms with van der Waals surface area (Å²) < 4.78 is 11.0. The van der Waals surface area contributed by atoms with Crippen LogP contribution >= 0.6 is 0 Å². The Kier molecular flexibility index (Phi) is 5.97. The van der Waals surface area contributed by atoms with Gasteiger partial charge in [-0.2, -0.15) is 0 Å². The minimum Gasteiger partial charge on any atom is -0.497 e. The van der Waals surface area contributed by atoms with Gasteiger partial charge in [0.15, 0.2) is 11.6 Å². The summed E-state index contributed by atoms with van der Waals surface area (Å²) in [5, 5.41) is 3.07. The molecule has 7 nitrogen and oxygen atoms in total.